The van der Waals surface area contributed by atoms with Crippen LogP contribution in [0.2, 0.25) is 5.02 Å². The van der Waals surface area contributed by atoms with Crippen molar-refractivity contribution in [2.45, 2.75) is 20.8 Å². The first-order valence-corrected chi connectivity index (χ1v) is 13.9. The smallest absolute Gasteiger partial charge is 0.255 e. The number of aromatic nitrogens is 1. The minimum Gasteiger partial charge on any atom is -0.464 e. The van der Waals surface area contributed by atoms with Gasteiger partial charge in [0, 0.05) is 47.8 Å². The number of amides is 1. The van der Waals surface area contributed by atoms with Crippen molar-refractivity contribution >= 4 is 50.8 Å². The Labute approximate surface area is 230 Å². The number of fused-ring (bicyclic) bond motifs is 1. The number of methoxy groups -OCH3 is 1. The van der Waals surface area contributed by atoms with Gasteiger partial charge in [0.15, 0.2) is 0 Å². The second kappa shape index (κ2) is 14.6. The van der Waals surface area contributed by atoms with E-state index in [0.717, 1.165) is 17.7 Å². The van der Waals surface area contributed by atoms with Crippen LogP contribution in [0.1, 0.15) is 31.1 Å². The van der Waals surface area contributed by atoms with E-state index in [1.807, 2.05) is 26.8 Å². The Hall–Kier alpha value is -3.24. The molecule has 8 nitrogen and oxygen atoms in total. The van der Waals surface area contributed by atoms with Gasteiger partial charge in [-0.2, -0.15) is 0 Å². The fourth-order valence-electron chi connectivity index (χ4n) is 3.57. The maximum atomic E-state index is 12.8. The molecule has 1 aliphatic rings. The topological polar surface area (TPSA) is 93.9 Å². The zero-order chi connectivity index (χ0) is 27.5. The highest BCUT2D eigenvalue weighted by Crippen LogP contribution is 2.34. The third-order valence-electron chi connectivity index (χ3n) is 5.43. The lowest BCUT2D eigenvalue weighted by molar-refractivity contribution is 0.102. The van der Waals surface area contributed by atoms with E-state index in [0.29, 0.717) is 46.3 Å². The van der Waals surface area contributed by atoms with Crippen molar-refractivity contribution in [1.29, 1.82) is 0 Å². The van der Waals surface area contributed by atoms with Gasteiger partial charge < -0.3 is 19.2 Å². The monoisotopic (exact) mass is 557 g/mol. The van der Waals surface area contributed by atoms with Crippen LogP contribution in [0, 0.1) is 0 Å². The van der Waals surface area contributed by atoms with Crippen LogP contribution in [0.25, 0.3) is 22.2 Å². The number of anilines is 2. The summed E-state index contributed by atoms with van der Waals surface area (Å²) in [5.41, 5.74) is 3.95. The highest BCUT2D eigenvalue weighted by atomic mass is 35.5. The van der Waals surface area contributed by atoms with Gasteiger partial charge in [-0.05, 0) is 61.5 Å². The van der Waals surface area contributed by atoms with Crippen molar-refractivity contribution in [3.05, 3.63) is 77.6 Å². The Balaban J connectivity index is 0.000000612. The molecular weight excluding hydrogens is 526 g/mol. The van der Waals surface area contributed by atoms with E-state index in [-0.39, 0.29) is 11.8 Å². The second-order valence-corrected chi connectivity index (χ2v) is 9.44. The molecule has 1 aliphatic heterocycles. The van der Waals surface area contributed by atoms with Crippen molar-refractivity contribution in [2.75, 3.05) is 42.4 Å². The summed E-state index contributed by atoms with van der Waals surface area (Å²) in [4.78, 5) is 17.3. The van der Waals surface area contributed by atoms with E-state index < -0.39 is 11.0 Å². The number of carbonyl (C=O) groups excluding carboxylic acids is 1. The largest absolute Gasteiger partial charge is 0.464 e. The molecule has 3 heterocycles. The molecule has 0 aliphatic carbocycles. The quantitative estimate of drug-likeness (QED) is 0.299. The minimum absolute atomic E-state index is 0.183. The molecule has 4 aromatic rings. The molecule has 2 aromatic heterocycles. The highest BCUT2D eigenvalue weighted by Gasteiger charge is 2.19. The first-order chi connectivity index (χ1) is 18.5. The summed E-state index contributed by atoms with van der Waals surface area (Å²) in [6.07, 6.45) is 3.26. The normalized spacial score (nSPS) is 14.7. The van der Waals surface area contributed by atoms with Crippen LogP contribution in [0.4, 0.5) is 11.4 Å². The Bertz CT molecular complexity index is 1360. The van der Waals surface area contributed by atoms with Crippen molar-refractivity contribution in [3.8, 4) is 11.3 Å². The van der Waals surface area contributed by atoms with Gasteiger partial charge in [-0.1, -0.05) is 25.4 Å². The standard InChI is InChI=1S/C23H18ClN3O4S.C3H8O.C2H6/c24-20-6-3-16(13-19(20)22-18-8-11-31-21(18)7-9-25-22)26-23(28)15-1-4-17(5-2-15)27-10-12-30-14-32(27)29;1-3-4-2;1-2/h1-9,11,13H,10,12,14H2,(H,26,28);3H2,1-2H3;1-2H3. The summed E-state index contributed by atoms with van der Waals surface area (Å²) in [5.74, 6) is -0.0786. The van der Waals surface area contributed by atoms with Crippen LogP contribution >= 0.6 is 11.6 Å². The van der Waals surface area contributed by atoms with E-state index in [1.165, 1.54) is 0 Å². The lowest BCUT2D eigenvalue weighted by Crippen LogP contribution is -2.36. The third kappa shape index (κ3) is 7.20. The van der Waals surface area contributed by atoms with E-state index in [2.05, 4.69) is 15.0 Å². The highest BCUT2D eigenvalue weighted by molar-refractivity contribution is 7.86. The van der Waals surface area contributed by atoms with Crippen molar-refractivity contribution in [3.63, 3.8) is 0 Å². The van der Waals surface area contributed by atoms with Crippen molar-refractivity contribution in [1.82, 2.24) is 4.98 Å². The minimum atomic E-state index is -1.22. The molecule has 1 fully saturated rings. The predicted molar refractivity (Wildman–Crippen MR) is 154 cm³/mol. The van der Waals surface area contributed by atoms with E-state index in [9.17, 15) is 9.00 Å². The molecule has 0 spiro atoms. The van der Waals surface area contributed by atoms with Crippen molar-refractivity contribution in [2.24, 2.45) is 0 Å². The number of carbonyl (C=O) groups is 1. The first kappa shape index (κ1) is 29.3. The fraction of sp³-hybridized carbons (Fsp3) is 0.286. The maximum absolute atomic E-state index is 12.8. The summed E-state index contributed by atoms with van der Waals surface area (Å²) in [6, 6.07) is 15.9. The number of pyridine rings is 1. The molecule has 1 unspecified atom stereocenters. The Morgan fingerprint density at radius 3 is 2.58 bits per heavy atom. The van der Waals surface area contributed by atoms with Gasteiger partial charge in [-0.25, -0.2) is 4.21 Å². The molecule has 1 saturated heterocycles. The molecule has 2 aromatic carbocycles. The summed E-state index contributed by atoms with van der Waals surface area (Å²) < 4.78 is 29.1. The molecule has 10 heteroatoms. The molecule has 1 N–H and O–H groups in total. The van der Waals surface area contributed by atoms with E-state index in [1.54, 1.807) is 72.4 Å². The number of nitrogens with one attached hydrogen (secondary N) is 1. The SMILES string of the molecule is CC.CCOC.O=C(Nc1ccc(Cl)c(-c2nccc3occc23)c1)c1ccc(N2CCOCS2=O)cc1. The first-order valence-electron chi connectivity index (χ1n) is 12.3. The molecule has 38 heavy (non-hydrogen) atoms. The van der Waals surface area contributed by atoms with Gasteiger partial charge in [0.1, 0.15) is 22.5 Å². The summed E-state index contributed by atoms with van der Waals surface area (Å²) in [6.45, 7) is 7.84. The average molecular weight is 558 g/mol. The van der Waals surface area contributed by atoms with Crippen LogP contribution in [0.3, 0.4) is 0 Å². The number of halogens is 1. The molecule has 0 saturated carbocycles. The van der Waals surface area contributed by atoms with Gasteiger partial charge in [-0.15, -0.1) is 0 Å². The Morgan fingerprint density at radius 2 is 1.89 bits per heavy atom. The zero-order valence-electron chi connectivity index (χ0n) is 21.9. The number of hydrogen-bond acceptors (Lipinski definition) is 6. The van der Waals surface area contributed by atoms with Crippen molar-refractivity contribution < 1.29 is 22.9 Å². The molecule has 1 amide bonds. The van der Waals surface area contributed by atoms with E-state index >= 15 is 0 Å². The molecule has 202 valence electrons. The molecule has 5 rings (SSSR count). The summed E-state index contributed by atoms with van der Waals surface area (Å²) in [7, 11) is 0.458. The second-order valence-electron chi connectivity index (χ2n) is 7.71. The van der Waals surface area contributed by atoms with Gasteiger partial charge in [0.25, 0.3) is 5.91 Å². The lowest BCUT2D eigenvalue weighted by atomic mass is 10.1. The number of hydrogen-bond donors (Lipinski definition) is 1. The maximum Gasteiger partial charge on any atom is 0.255 e. The van der Waals surface area contributed by atoms with Gasteiger partial charge >= 0.3 is 0 Å². The lowest BCUT2D eigenvalue weighted by Gasteiger charge is -2.27. The number of rotatable bonds is 5. The number of benzene rings is 2. The molecular formula is C28H32ClN3O5S. The molecule has 1 atom stereocenters. The molecule has 0 radical (unpaired) electrons. The zero-order valence-corrected chi connectivity index (χ0v) is 23.5. The van der Waals surface area contributed by atoms with Crippen LogP contribution in [-0.2, 0) is 20.5 Å². The summed E-state index contributed by atoms with van der Waals surface area (Å²) in [5, 5.41) is 4.26. The Morgan fingerprint density at radius 1 is 1.16 bits per heavy atom. The van der Waals surface area contributed by atoms with Gasteiger partial charge in [0.2, 0.25) is 0 Å². The average Bonchev–Trinajstić information content (AvgIpc) is 3.45. The van der Waals surface area contributed by atoms with Crippen LogP contribution < -0.4 is 9.62 Å². The van der Waals surface area contributed by atoms with E-state index in [4.69, 9.17) is 20.8 Å². The fourth-order valence-corrected chi connectivity index (χ4v) is 4.80. The predicted octanol–water partition coefficient (Wildman–Crippen LogP) is 6.54. The summed E-state index contributed by atoms with van der Waals surface area (Å²) >= 11 is 6.43. The Kier molecular flexibility index (Phi) is 11.3. The number of ether oxygens (including phenoxy) is 2. The van der Waals surface area contributed by atoms with Crippen LogP contribution in [0.5, 0.6) is 0 Å². The molecule has 0 bridgehead atoms. The number of furan rings is 1. The third-order valence-corrected chi connectivity index (χ3v) is 7.02. The number of nitrogens with zero attached hydrogens (tertiary/aromatic N) is 2. The van der Waals surface area contributed by atoms with Crippen LogP contribution in [-0.4, -0.2) is 47.9 Å². The van der Waals surface area contributed by atoms with Gasteiger partial charge in [0.05, 0.1) is 30.1 Å². The van der Waals surface area contributed by atoms with Gasteiger partial charge in [-0.3, -0.25) is 14.1 Å². The van der Waals surface area contributed by atoms with Crippen LogP contribution in [0.15, 0.2) is 71.5 Å².